The highest BCUT2D eigenvalue weighted by Crippen LogP contribution is 2.31. The van der Waals surface area contributed by atoms with Crippen molar-refractivity contribution in [2.24, 2.45) is 11.7 Å². The lowest BCUT2D eigenvalue weighted by atomic mass is 9.80. The summed E-state index contributed by atoms with van der Waals surface area (Å²) in [6.07, 6.45) is 10.1. The van der Waals surface area contributed by atoms with Crippen molar-refractivity contribution in [2.45, 2.75) is 63.3 Å². The molecule has 3 aliphatic rings. The molecule has 0 aromatic carbocycles. The van der Waals surface area contributed by atoms with Gasteiger partial charge in [-0.3, -0.25) is 4.79 Å². The second kappa shape index (κ2) is 7.72. The number of urea groups is 1. The number of amides is 3. The number of nitrogens with one attached hydrogen (secondary N) is 1. The lowest BCUT2D eigenvalue weighted by Crippen LogP contribution is -2.59. The summed E-state index contributed by atoms with van der Waals surface area (Å²) in [6.45, 7) is 4.47. The number of nitrogens with two attached hydrogens (primary N) is 1. The van der Waals surface area contributed by atoms with Gasteiger partial charge >= 0.3 is 6.03 Å². The molecule has 3 amide bonds. The molecule has 1 aliphatic carbocycles. The average molecular weight is 336 g/mol. The predicted molar refractivity (Wildman–Crippen MR) is 93.5 cm³/mol. The summed E-state index contributed by atoms with van der Waals surface area (Å²) in [5.41, 5.74) is 5.34. The van der Waals surface area contributed by atoms with E-state index in [1.807, 2.05) is 0 Å². The Labute approximate surface area is 145 Å². The predicted octanol–water partition coefficient (Wildman–Crippen LogP) is 1.69. The highest BCUT2D eigenvalue weighted by atomic mass is 16.2. The number of likely N-dealkylation sites (tertiary alicyclic amines) is 2. The molecule has 3 fully saturated rings. The monoisotopic (exact) mass is 336 g/mol. The third-order valence-corrected chi connectivity index (χ3v) is 6.03. The Hall–Kier alpha value is -1.30. The van der Waals surface area contributed by atoms with E-state index in [0.717, 1.165) is 45.3 Å². The Morgan fingerprint density at radius 2 is 1.71 bits per heavy atom. The molecular formula is C18H32N4O2. The zero-order chi connectivity index (χ0) is 17.0. The molecule has 0 aromatic rings. The van der Waals surface area contributed by atoms with Gasteiger partial charge in [-0.1, -0.05) is 19.3 Å². The molecule has 2 saturated heterocycles. The summed E-state index contributed by atoms with van der Waals surface area (Å²) < 4.78 is 0. The van der Waals surface area contributed by atoms with Crippen LogP contribution >= 0.6 is 0 Å². The van der Waals surface area contributed by atoms with E-state index >= 15 is 0 Å². The number of hydrogen-bond acceptors (Lipinski definition) is 3. The third kappa shape index (κ3) is 4.21. The third-order valence-electron chi connectivity index (χ3n) is 6.03. The molecule has 1 atom stereocenters. The van der Waals surface area contributed by atoms with E-state index in [9.17, 15) is 9.59 Å². The Kier molecular flexibility index (Phi) is 5.64. The Bertz CT molecular complexity index is 456. The SMILES string of the molecule is NC(=O)N1CCC[C@@H](C(=O)NC2(CN3CCCC3)CCCCC2)C1. The van der Waals surface area contributed by atoms with E-state index in [1.54, 1.807) is 4.90 Å². The average Bonchev–Trinajstić information content (AvgIpc) is 3.08. The standard InChI is InChI=1S/C18H32N4O2/c19-17(24)22-12-6-7-15(13-22)16(23)20-18(8-2-1-3-9-18)14-21-10-4-5-11-21/h15H,1-14H2,(H2,19,24)(H,20,23)/t15-/m1/s1. The second-order valence-corrected chi connectivity index (χ2v) is 7.94. The van der Waals surface area contributed by atoms with Crippen molar-refractivity contribution in [1.82, 2.24) is 15.1 Å². The van der Waals surface area contributed by atoms with Gasteiger partial charge < -0.3 is 20.9 Å². The Balaban J connectivity index is 1.62. The first kappa shape index (κ1) is 17.5. The number of nitrogens with zero attached hydrogens (tertiary/aromatic N) is 2. The fourth-order valence-electron chi connectivity index (χ4n) is 4.67. The molecular weight excluding hydrogens is 304 g/mol. The topological polar surface area (TPSA) is 78.7 Å². The maximum atomic E-state index is 12.9. The summed E-state index contributed by atoms with van der Waals surface area (Å²) in [4.78, 5) is 28.4. The van der Waals surface area contributed by atoms with Crippen molar-refractivity contribution in [3.8, 4) is 0 Å². The second-order valence-electron chi connectivity index (χ2n) is 7.94. The molecule has 0 bridgehead atoms. The fourth-order valence-corrected chi connectivity index (χ4v) is 4.67. The maximum absolute atomic E-state index is 12.9. The van der Waals surface area contributed by atoms with E-state index in [-0.39, 0.29) is 17.4 Å². The first-order valence-corrected chi connectivity index (χ1v) is 9.67. The van der Waals surface area contributed by atoms with E-state index in [4.69, 9.17) is 5.73 Å². The molecule has 3 N–H and O–H groups in total. The molecule has 0 radical (unpaired) electrons. The van der Waals surface area contributed by atoms with Gasteiger partial charge in [-0.2, -0.15) is 0 Å². The van der Waals surface area contributed by atoms with Gasteiger partial charge in [-0.05, 0) is 51.6 Å². The smallest absolute Gasteiger partial charge is 0.314 e. The first-order chi connectivity index (χ1) is 11.6. The van der Waals surface area contributed by atoms with Gasteiger partial charge in [-0.15, -0.1) is 0 Å². The minimum atomic E-state index is -0.406. The van der Waals surface area contributed by atoms with Crippen molar-refractivity contribution < 1.29 is 9.59 Å². The van der Waals surface area contributed by atoms with Crippen LogP contribution in [0, 0.1) is 5.92 Å². The van der Waals surface area contributed by atoms with Crippen molar-refractivity contribution in [3.63, 3.8) is 0 Å². The fraction of sp³-hybridized carbons (Fsp3) is 0.889. The largest absolute Gasteiger partial charge is 0.351 e. The van der Waals surface area contributed by atoms with Gasteiger partial charge in [0.1, 0.15) is 0 Å². The van der Waals surface area contributed by atoms with Crippen LogP contribution < -0.4 is 11.1 Å². The molecule has 2 aliphatic heterocycles. The minimum Gasteiger partial charge on any atom is -0.351 e. The van der Waals surface area contributed by atoms with Crippen LogP contribution in [0.3, 0.4) is 0 Å². The molecule has 136 valence electrons. The van der Waals surface area contributed by atoms with Crippen LogP contribution in [0.5, 0.6) is 0 Å². The summed E-state index contributed by atoms with van der Waals surface area (Å²) in [5, 5.41) is 3.43. The number of primary amides is 1. The number of piperidine rings is 1. The lowest BCUT2D eigenvalue weighted by molar-refractivity contribution is -0.129. The van der Waals surface area contributed by atoms with Crippen LogP contribution in [0.2, 0.25) is 0 Å². The minimum absolute atomic E-state index is 0.0608. The molecule has 6 heteroatoms. The zero-order valence-electron chi connectivity index (χ0n) is 14.8. The van der Waals surface area contributed by atoms with E-state index < -0.39 is 6.03 Å². The normalized spacial score (nSPS) is 27.8. The number of carbonyl (C=O) groups excluding carboxylic acids is 2. The van der Waals surface area contributed by atoms with Crippen molar-refractivity contribution in [2.75, 3.05) is 32.7 Å². The first-order valence-electron chi connectivity index (χ1n) is 9.67. The van der Waals surface area contributed by atoms with Gasteiger partial charge in [0.2, 0.25) is 5.91 Å². The molecule has 1 saturated carbocycles. The number of rotatable bonds is 4. The van der Waals surface area contributed by atoms with E-state index in [1.165, 1.54) is 32.1 Å². The summed E-state index contributed by atoms with van der Waals surface area (Å²) in [6, 6.07) is -0.406. The van der Waals surface area contributed by atoms with Crippen molar-refractivity contribution in [3.05, 3.63) is 0 Å². The van der Waals surface area contributed by atoms with E-state index in [0.29, 0.717) is 13.1 Å². The van der Waals surface area contributed by atoms with Crippen molar-refractivity contribution in [1.29, 1.82) is 0 Å². The molecule has 24 heavy (non-hydrogen) atoms. The van der Waals surface area contributed by atoms with Crippen LogP contribution in [0.15, 0.2) is 0 Å². The molecule has 2 heterocycles. The van der Waals surface area contributed by atoms with Crippen LogP contribution in [0.25, 0.3) is 0 Å². The van der Waals surface area contributed by atoms with Crippen LogP contribution in [0.1, 0.15) is 57.8 Å². The number of hydrogen-bond donors (Lipinski definition) is 2. The van der Waals surface area contributed by atoms with Gasteiger partial charge in [0.05, 0.1) is 11.5 Å². The summed E-state index contributed by atoms with van der Waals surface area (Å²) in [7, 11) is 0. The van der Waals surface area contributed by atoms with Gasteiger partial charge in [0.15, 0.2) is 0 Å². The quantitative estimate of drug-likeness (QED) is 0.820. The zero-order valence-corrected chi connectivity index (χ0v) is 14.8. The van der Waals surface area contributed by atoms with Crippen molar-refractivity contribution >= 4 is 11.9 Å². The van der Waals surface area contributed by atoms with Gasteiger partial charge in [0.25, 0.3) is 0 Å². The molecule has 0 aromatic heterocycles. The Morgan fingerprint density at radius 3 is 2.38 bits per heavy atom. The molecule has 3 rings (SSSR count). The van der Waals surface area contributed by atoms with Crippen LogP contribution in [-0.2, 0) is 4.79 Å². The summed E-state index contributed by atoms with van der Waals surface area (Å²) >= 11 is 0. The lowest BCUT2D eigenvalue weighted by Gasteiger charge is -2.42. The maximum Gasteiger partial charge on any atom is 0.314 e. The number of carbonyl (C=O) groups is 2. The Morgan fingerprint density at radius 1 is 1.00 bits per heavy atom. The van der Waals surface area contributed by atoms with E-state index in [2.05, 4.69) is 10.2 Å². The highest BCUT2D eigenvalue weighted by molar-refractivity contribution is 5.81. The molecule has 0 spiro atoms. The van der Waals surface area contributed by atoms with Crippen LogP contribution in [-0.4, -0.2) is 60.0 Å². The molecule has 0 unspecified atom stereocenters. The van der Waals surface area contributed by atoms with Gasteiger partial charge in [-0.25, -0.2) is 4.79 Å². The summed E-state index contributed by atoms with van der Waals surface area (Å²) in [5.74, 6) is 0.0191. The van der Waals surface area contributed by atoms with Gasteiger partial charge in [0, 0.05) is 19.6 Å². The molecule has 6 nitrogen and oxygen atoms in total. The van der Waals surface area contributed by atoms with Crippen LogP contribution in [0.4, 0.5) is 4.79 Å². The highest BCUT2D eigenvalue weighted by Gasteiger charge is 2.38.